The molecular formula is C6H8N4S. The van der Waals surface area contributed by atoms with Crippen molar-refractivity contribution in [3.05, 3.63) is 11.8 Å². The van der Waals surface area contributed by atoms with E-state index < -0.39 is 0 Å². The van der Waals surface area contributed by atoms with Gasteiger partial charge >= 0.3 is 0 Å². The minimum Gasteiger partial charge on any atom is -0.295 e. The van der Waals surface area contributed by atoms with E-state index in [2.05, 4.69) is 15.3 Å². The first kappa shape index (κ1) is 6.72. The highest BCUT2D eigenvalue weighted by atomic mass is 32.2. The second-order valence-electron chi connectivity index (χ2n) is 2.32. The number of H-pyrrole nitrogens is 1. The summed E-state index contributed by atoms with van der Waals surface area (Å²) in [5.41, 5.74) is 1.98. The molecule has 0 aliphatic carbocycles. The van der Waals surface area contributed by atoms with Crippen LogP contribution in [0.4, 0.5) is 0 Å². The number of aromatic nitrogens is 4. The summed E-state index contributed by atoms with van der Waals surface area (Å²) in [6.07, 6.45) is 1.98. The lowest BCUT2D eigenvalue weighted by Gasteiger charge is -1.88. The van der Waals surface area contributed by atoms with Gasteiger partial charge in [0.15, 0.2) is 5.65 Å². The number of aryl methyl sites for hydroxylation is 1. The Hall–Kier alpha value is -0.970. The van der Waals surface area contributed by atoms with Gasteiger partial charge < -0.3 is 0 Å². The fourth-order valence-electron chi connectivity index (χ4n) is 1.01. The number of nitrogens with one attached hydrogen (secondary N) is 1. The molecule has 0 atom stereocenters. The highest BCUT2D eigenvalue weighted by Gasteiger charge is 2.04. The number of thioether (sulfide) groups is 1. The average Bonchev–Trinajstić information content (AvgIpc) is 2.45. The van der Waals surface area contributed by atoms with E-state index in [9.17, 15) is 0 Å². The summed E-state index contributed by atoms with van der Waals surface area (Å²) in [6.45, 7) is 2.00. The molecular weight excluding hydrogens is 160 g/mol. The topological polar surface area (TPSA) is 46.0 Å². The standard InChI is InChI=1S/C6H8N4S/c1-4-3-5-7-8-6(11-2)10(5)9-4/h3,9H,1-2H3. The minimum atomic E-state index is 0.881. The lowest BCUT2D eigenvalue weighted by molar-refractivity contribution is 0.811. The highest BCUT2D eigenvalue weighted by Crippen LogP contribution is 2.12. The summed E-state index contributed by atoms with van der Waals surface area (Å²) in [5, 5.41) is 12.0. The van der Waals surface area contributed by atoms with Crippen molar-refractivity contribution in [3.63, 3.8) is 0 Å². The van der Waals surface area contributed by atoms with Gasteiger partial charge in [-0.2, -0.15) is 0 Å². The molecule has 0 saturated carbocycles. The van der Waals surface area contributed by atoms with Crippen LogP contribution in [0.5, 0.6) is 0 Å². The van der Waals surface area contributed by atoms with Crippen LogP contribution in [-0.2, 0) is 0 Å². The third kappa shape index (κ3) is 0.920. The van der Waals surface area contributed by atoms with Gasteiger partial charge in [0, 0.05) is 11.8 Å². The van der Waals surface area contributed by atoms with E-state index in [1.165, 1.54) is 0 Å². The van der Waals surface area contributed by atoms with E-state index in [4.69, 9.17) is 0 Å². The molecule has 0 radical (unpaired) electrons. The number of rotatable bonds is 1. The molecule has 4 nitrogen and oxygen atoms in total. The number of nitrogens with zero attached hydrogens (tertiary/aromatic N) is 3. The second kappa shape index (κ2) is 2.27. The van der Waals surface area contributed by atoms with Crippen molar-refractivity contribution in [2.45, 2.75) is 12.1 Å². The Morgan fingerprint density at radius 2 is 2.36 bits per heavy atom. The molecule has 1 N–H and O–H groups in total. The maximum Gasteiger partial charge on any atom is 0.210 e. The Morgan fingerprint density at radius 1 is 1.55 bits per heavy atom. The Kier molecular flexibility index (Phi) is 1.38. The maximum atomic E-state index is 3.97. The van der Waals surface area contributed by atoms with Crippen molar-refractivity contribution in [1.82, 2.24) is 19.8 Å². The van der Waals surface area contributed by atoms with Gasteiger partial charge in [-0.15, -0.1) is 10.2 Å². The van der Waals surface area contributed by atoms with Crippen molar-refractivity contribution in [3.8, 4) is 0 Å². The van der Waals surface area contributed by atoms with Gasteiger partial charge in [-0.1, -0.05) is 11.8 Å². The van der Waals surface area contributed by atoms with E-state index in [0.717, 1.165) is 16.5 Å². The predicted octanol–water partition coefficient (Wildman–Crippen LogP) is 1.09. The molecule has 0 amide bonds. The second-order valence-corrected chi connectivity index (χ2v) is 3.09. The summed E-state index contributed by atoms with van der Waals surface area (Å²) in [4.78, 5) is 0. The molecule has 0 fully saturated rings. The van der Waals surface area contributed by atoms with Crippen molar-refractivity contribution >= 4 is 17.4 Å². The summed E-state index contributed by atoms with van der Waals surface area (Å²) < 4.78 is 1.88. The van der Waals surface area contributed by atoms with Crippen molar-refractivity contribution < 1.29 is 0 Å². The van der Waals surface area contributed by atoms with Gasteiger partial charge in [0.25, 0.3) is 0 Å². The first-order chi connectivity index (χ1) is 5.31. The molecule has 0 bridgehead atoms. The molecule has 0 unspecified atom stereocenters. The van der Waals surface area contributed by atoms with Gasteiger partial charge in [0.1, 0.15) is 0 Å². The van der Waals surface area contributed by atoms with Crippen LogP contribution in [0.25, 0.3) is 5.65 Å². The van der Waals surface area contributed by atoms with Gasteiger partial charge in [-0.05, 0) is 13.2 Å². The molecule has 2 aromatic rings. The predicted molar refractivity (Wildman–Crippen MR) is 43.9 cm³/mol. The van der Waals surface area contributed by atoms with Gasteiger partial charge in [-0.3, -0.25) is 5.10 Å². The van der Waals surface area contributed by atoms with E-state index in [1.807, 2.05) is 23.8 Å². The fourth-order valence-corrected chi connectivity index (χ4v) is 1.46. The van der Waals surface area contributed by atoms with E-state index in [0.29, 0.717) is 0 Å². The van der Waals surface area contributed by atoms with Crippen LogP contribution < -0.4 is 0 Å². The summed E-state index contributed by atoms with van der Waals surface area (Å²) in [7, 11) is 0. The van der Waals surface area contributed by atoms with E-state index in [1.54, 1.807) is 11.8 Å². The van der Waals surface area contributed by atoms with Crippen LogP contribution in [-0.4, -0.2) is 26.1 Å². The summed E-state index contributed by atoms with van der Waals surface area (Å²) >= 11 is 1.58. The third-order valence-corrected chi connectivity index (χ3v) is 2.10. The van der Waals surface area contributed by atoms with E-state index >= 15 is 0 Å². The van der Waals surface area contributed by atoms with Crippen molar-refractivity contribution in [1.29, 1.82) is 0 Å². The van der Waals surface area contributed by atoms with Crippen LogP contribution in [0.15, 0.2) is 11.2 Å². The Balaban J connectivity index is 2.73. The smallest absolute Gasteiger partial charge is 0.210 e. The van der Waals surface area contributed by atoms with Crippen LogP contribution >= 0.6 is 11.8 Å². The van der Waals surface area contributed by atoms with Gasteiger partial charge in [0.2, 0.25) is 5.16 Å². The zero-order chi connectivity index (χ0) is 7.84. The molecule has 5 heteroatoms. The van der Waals surface area contributed by atoms with Crippen LogP contribution in [0.2, 0.25) is 0 Å². The monoisotopic (exact) mass is 168 g/mol. The number of fused-ring (bicyclic) bond motifs is 1. The zero-order valence-corrected chi connectivity index (χ0v) is 7.14. The molecule has 0 saturated heterocycles. The maximum absolute atomic E-state index is 3.97. The normalized spacial score (nSPS) is 11.1. The van der Waals surface area contributed by atoms with Crippen molar-refractivity contribution in [2.75, 3.05) is 6.26 Å². The Bertz CT molecular complexity index is 375. The van der Waals surface area contributed by atoms with Gasteiger partial charge in [0.05, 0.1) is 0 Å². The zero-order valence-electron chi connectivity index (χ0n) is 6.33. The summed E-state index contributed by atoms with van der Waals surface area (Å²) in [6, 6.07) is 1.96. The minimum absolute atomic E-state index is 0.881. The lowest BCUT2D eigenvalue weighted by atomic mass is 10.5. The lowest BCUT2D eigenvalue weighted by Crippen LogP contribution is -1.86. The Labute approximate surface area is 68.0 Å². The first-order valence-electron chi connectivity index (χ1n) is 3.26. The van der Waals surface area contributed by atoms with Crippen molar-refractivity contribution in [2.24, 2.45) is 0 Å². The van der Waals surface area contributed by atoms with E-state index in [-0.39, 0.29) is 0 Å². The Morgan fingerprint density at radius 3 is 3.09 bits per heavy atom. The molecule has 11 heavy (non-hydrogen) atoms. The molecule has 0 aliphatic heterocycles. The van der Waals surface area contributed by atoms with Gasteiger partial charge in [-0.25, -0.2) is 4.52 Å². The molecule has 0 aromatic carbocycles. The average molecular weight is 168 g/mol. The molecule has 2 rings (SSSR count). The summed E-state index contributed by atoms with van der Waals surface area (Å²) in [5.74, 6) is 0. The number of hydrogen-bond donors (Lipinski definition) is 1. The third-order valence-electron chi connectivity index (χ3n) is 1.47. The first-order valence-corrected chi connectivity index (χ1v) is 4.48. The van der Waals surface area contributed by atoms with Crippen LogP contribution in [0, 0.1) is 6.92 Å². The van der Waals surface area contributed by atoms with Crippen LogP contribution in [0.1, 0.15) is 5.69 Å². The molecule has 2 aromatic heterocycles. The SMILES string of the molecule is CSc1nnc2cc(C)[nH]n12. The largest absolute Gasteiger partial charge is 0.295 e. The van der Waals surface area contributed by atoms with Crippen LogP contribution in [0.3, 0.4) is 0 Å². The molecule has 0 spiro atoms. The number of aromatic amines is 1. The molecule has 0 aliphatic rings. The fraction of sp³-hybridized carbons (Fsp3) is 0.333. The number of hydrogen-bond acceptors (Lipinski definition) is 3. The molecule has 58 valence electrons. The molecule has 2 heterocycles. The highest BCUT2D eigenvalue weighted by molar-refractivity contribution is 7.98. The quantitative estimate of drug-likeness (QED) is 0.648.